The Kier molecular flexibility index (Phi) is 3.31. The summed E-state index contributed by atoms with van der Waals surface area (Å²) in [5.41, 5.74) is 0.827. The molecule has 1 N–H and O–H groups in total. The van der Waals surface area contributed by atoms with Crippen LogP contribution in [0.5, 0.6) is 5.75 Å². The Morgan fingerprint density at radius 1 is 1.38 bits per heavy atom. The summed E-state index contributed by atoms with van der Waals surface area (Å²) in [6.07, 6.45) is 3.16. The summed E-state index contributed by atoms with van der Waals surface area (Å²) < 4.78 is 5.25. The molecule has 0 aliphatic carbocycles. The number of hydrogen-bond acceptors (Lipinski definition) is 4. The molecule has 16 heavy (non-hydrogen) atoms. The van der Waals surface area contributed by atoms with Crippen LogP contribution < -0.4 is 4.74 Å². The van der Waals surface area contributed by atoms with E-state index in [0.29, 0.717) is 12.8 Å². The molecule has 1 heterocycles. The Balaban J connectivity index is 2.42. The third kappa shape index (κ3) is 2.12. The third-order valence-electron chi connectivity index (χ3n) is 2.40. The number of para-hydroxylation sites is 1. The van der Waals surface area contributed by atoms with Crippen LogP contribution in [-0.4, -0.2) is 28.8 Å². The first kappa shape index (κ1) is 10.8. The van der Waals surface area contributed by atoms with E-state index in [1.165, 1.54) is 0 Å². The minimum Gasteiger partial charge on any atom is -0.494 e. The van der Waals surface area contributed by atoms with Crippen molar-refractivity contribution in [2.75, 3.05) is 13.7 Å². The molecule has 1 aromatic carbocycles. The molecule has 2 aromatic rings. The van der Waals surface area contributed by atoms with E-state index in [-0.39, 0.29) is 6.61 Å². The van der Waals surface area contributed by atoms with E-state index in [9.17, 15) is 0 Å². The second kappa shape index (κ2) is 4.90. The van der Waals surface area contributed by atoms with Gasteiger partial charge in [0.1, 0.15) is 17.1 Å². The maximum Gasteiger partial charge on any atom is 0.145 e. The van der Waals surface area contributed by atoms with Crippen LogP contribution in [-0.2, 0) is 6.42 Å². The fraction of sp³-hybridized carbons (Fsp3) is 0.333. The highest BCUT2D eigenvalue weighted by Crippen LogP contribution is 2.22. The normalized spacial score (nSPS) is 10.6. The van der Waals surface area contributed by atoms with Gasteiger partial charge in [-0.2, -0.15) is 0 Å². The van der Waals surface area contributed by atoms with Crippen molar-refractivity contribution in [3.05, 3.63) is 30.2 Å². The molecule has 0 amide bonds. The van der Waals surface area contributed by atoms with Gasteiger partial charge in [-0.05, 0) is 12.5 Å². The number of aryl methyl sites for hydroxylation is 1. The van der Waals surface area contributed by atoms with Gasteiger partial charge in [0, 0.05) is 24.6 Å². The largest absolute Gasteiger partial charge is 0.494 e. The Hall–Kier alpha value is -1.68. The summed E-state index contributed by atoms with van der Waals surface area (Å²) in [5, 5.41) is 9.73. The maximum atomic E-state index is 8.76. The summed E-state index contributed by atoms with van der Waals surface area (Å²) in [4.78, 5) is 8.68. The molecule has 0 atom stereocenters. The SMILES string of the molecule is COc1cccc2cnc(CCCO)nc12. The van der Waals surface area contributed by atoms with Gasteiger partial charge < -0.3 is 9.84 Å². The van der Waals surface area contributed by atoms with Crippen molar-refractivity contribution in [3.63, 3.8) is 0 Å². The van der Waals surface area contributed by atoms with Crippen molar-refractivity contribution >= 4 is 10.9 Å². The zero-order chi connectivity index (χ0) is 11.4. The number of hydrogen-bond donors (Lipinski definition) is 1. The quantitative estimate of drug-likeness (QED) is 0.846. The lowest BCUT2D eigenvalue weighted by atomic mass is 10.2. The van der Waals surface area contributed by atoms with E-state index >= 15 is 0 Å². The predicted octanol–water partition coefficient (Wildman–Crippen LogP) is 1.56. The first-order valence-electron chi connectivity index (χ1n) is 5.24. The van der Waals surface area contributed by atoms with Gasteiger partial charge in [0.05, 0.1) is 7.11 Å². The molecule has 0 spiro atoms. The summed E-state index contributed by atoms with van der Waals surface area (Å²) in [6, 6.07) is 5.75. The summed E-state index contributed by atoms with van der Waals surface area (Å²) in [6.45, 7) is 0.160. The van der Waals surface area contributed by atoms with Crippen molar-refractivity contribution in [2.45, 2.75) is 12.8 Å². The smallest absolute Gasteiger partial charge is 0.145 e. The van der Waals surface area contributed by atoms with Gasteiger partial charge in [-0.3, -0.25) is 0 Å². The van der Waals surface area contributed by atoms with Gasteiger partial charge in [0.15, 0.2) is 0 Å². The molecular formula is C12H14N2O2. The standard InChI is InChI=1S/C12H14N2O2/c1-16-10-5-2-4-9-8-13-11(6-3-7-15)14-12(9)10/h2,4-5,8,15H,3,6-7H2,1H3. The number of methoxy groups -OCH3 is 1. The minimum absolute atomic E-state index is 0.160. The van der Waals surface area contributed by atoms with Crippen LogP contribution in [0, 0.1) is 0 Å². The van der Waals surface area contributed by atoms with Crippen LogP contribution in [0.25, 0.3) is 10.9 Å². The Morgan fingerprint density at radius 3 is 3.00 bits per heavy atom. The van der Waals surface area contributed by atoms with Crippen molar-refractivity contribution in [1.29, 1.82) is 0 Å². The van der Waals surface area contributed by atoms with Gasteiger partial charge in [-0.15, -0.1) is 0 Å². The predicted molar refractivity (Wildman–Crippen MR) is 61.5 cm³/mol. The van der Waals surface area contributed by atoms with Crippen molar-refractivity contribution in [2.24, 2.45) is 0 Å². The number of ether oxygens (including phenoxy) is 1. The topological polar surface area (TPSA) is 55.2 Å². The highest BCUT2D eigenvalue weighted by molar-refractivity contribution is 5.83. The van der Waals surface area contributed by atoms with E-state index in [0.717, 1.165) is 22.5 Å². The zero-order valence-electron chi connectivity index (χ0n) is 9.18. The van der Waals surface area contributed by atoms with Gasteiger partial charge in [-0.25, -0.2) is 9.97 Å². The molecule has 0 aliphatic heterocycles. The van der Waals surface area contributed by atoms with Gasteiger partial charge >= 0.3 is 0 Å². The van der Waals surface area contributed by atoms with Gasteiger partial charge in [-0.1, -0.05) is 12.1 Å². The number of aliphatic hydroxyl groups excluding tert-OH is 1. The molecule has 0 fully saturated rings. The van der Waals surface area contributed by atoms with Crippen LogP contribution in [0.1, 0.15) is 12.2 Å². The number of benzene rings is 1. The van der Waals surface area contributed by atoms with Crippen molar-refractivity contribution in [3.8, 4) is 5.75 Å². The molecule has 1 aromatic heterocycles. The summed E-state index contributed by atoms with van der Waals surface area (Å²) in [7, 11) is 1.63. The second-order valence-corrected chi connectivity index (χ2v) is 3.51. The van der Waals surface area contributed by atoms with Crippen molar-refractivity contribution < 1.29 is 9.84 Å². The van der Waals surface area contributed by atoms with E-state index < -0.39 is 0 Å². The minimum atomic E-state index is 0.160. The molecule has 0 saturated heterocycles. The number of aromatic nitrogens is 2. The lowest BCUT2D eigenvalue weighted by Crippen LogP contribution is -1.98. The monoisotopic (exact) mass is 218 g/mol. The molecule has 84 valence electrons. The van der Waals surface area contributed by atoms with E-state index in [1.807, 2.05) is 18.2 Å². The number of nitrogens with zero attached hydrogens (tertiary/aromatic N) is 2. The Labute approximate surface area is 93.9 Å². The summed E-state index contributed by atoms with van der Waals surface area (Å²) >= 11 is 0. The average Bonchev–Trinajstić information content (AvgIpc) is 2.35. The fourth-order valence-corrected chi connectivity index (χ4v) is 1.59. The number of rotatable bonds is 4. The molecule has 4 heteroatoms. The molecule has 0 aliphatic rings. The molecule has 2 rings (SSSR count). The molecule has 4 nitrogen and oxygen atoms in total. The Bertz CT molecular complexity index is 485. The molecule has 0 saturated carbocycles. The highest BCUT2D eigenvalue weighted by atomic mass is 16.5. The summed E-state index contributed by atoms with van der Waals surface area (Å²) in [5.74, 6) is 1.50. The third-order valence-corrected chi connectivity index (χ3v) is 2.40. The fourth-order valence-electron chi connectivity index (χ4n) is 1.59. The highest BCUT2D eigenvalue weighted by Gasteiger charge is 2.04. The first-order chi connectivity index (χ1) is 7.85. The van der Waals surface area contributed by atoms with Crippen LogP contribution in [0.2, 0.25) is 0 Å². The van der Waals surface area contributed by atoms with Gasteiger partial charge in [0.25, 0.3) is 0 Å². The van der Waals surface area contributed by atoms with Crippen LogP contribution >= 0.6 is 0 Å². The average molecular weight is 218 g/mol. The van der Waals surface area contributed by atoms with Crippen LogP contribution in [0.3, 0.4) is 0 Å². The maximum absolute atomic E-state index is 8.76. The zero-order valence-corrected chi connectivity index (χ0v) is 9.18. The van der Waals surface area contributed by atoms with E-state index in [1.54, 1.807) is 13.3 Å². The number of aliphatic hydroxyl groups is 1. The van der Waals surface area contributed by atoms with E-state index in [4.69, 9.17) is 9.84 Å². The lowest BCUT2D eigenvalue weighted by molar-refractivity contribution is 0.287. The van der Waals surface area contributed by atoms with E-state index in [2.05, 4.69) is 9.97 Å². The lowest BCUT2D eigenvalue weighted by Gasteiger charge is -2.05. The first-order valence-corrected chi connectivity index (χ1v) is 5.24. The van der Waals surface area contributed by atoms with Crippen LogP contribution in [0.4, 0.5) is 0 Å². The number of fused-ring (bicyclic) bond motifs is 1. The molecule has 0 bridgehead atoms. The Morgan fingerprint density at radius 2 is 2.25 bits per heavy atom. The van der Waals surface area contributed by atoms with Crippen molar-refractivity contribution in [1.82, 2.24) is 9.97 Å². The molecule has 0 radical (unpaired) electrons. The second-order valence-electron chi connectivity index (χ2n) is 3.51. The molecular weight excluding hydrogens is 204 g/mol. The molecule has 0 unspecified atom stereocenters. The van der Waals surface area contributed by atoms with Crippen LogP contribution in [0.15, 0.2) is 24.4 Å². The van der Waals surface area contributed by atoms with Gasteiger partial charge in [0.2, 0.25) is 0 Å².